The second-order valence-electron chi connectivity index (χ2n) is 6.56. The second kappa shape index (κ2) is 9.12. The number of methoxy groups -OCH3 is 3. The molecular weight excluding hydrogens is 462 g/mol. The van der Waals surface area contributed by atoms with Crippen LogP contribution in [0.4, 0.5) is 26.3 Å². The highest BCUT2D eigenvalue weighted by Crippen LogP contribution is 2.56. The monoisotopic (exact) mass is 478 g/mol. The molecule has 0 unspecified atom stereocenters. The van der Waals surface area contributed by atoms with E-state index < -0.39 is 57.9 Å². The van der Waals surface area contributed by atoms with Gasteiger partial charge in [0.15, 0.2) is 0 Å². The lowest BCUT2D eigenvalue weighted by atomic mass is 9.72. The van der Waals surface area contributed by atoms with Crippen molar-refractivity contribution in [3.8, 4) is 0 Å². The Balaban J connectivity index is 2.94. The van der Waals surface area contributed by atoms with Crippen LogP contribution >= 0.6 is 0 Å². The minimum Gasteiger partial charge on any atom is -0.465 e. The van der Waals surface area contributed by atoms with Crippen LogP contribution in [0.25, 0.3) is 0 Å². The molecule has 6 nitrogen and oxygen atoms in total. The van der Waals surface area contributed by atoms with Crippen molar-refractivity contribution >= 4 is 17.9 Å². The summed E-state index contributed by atoms with van der Waals surface area (Å²) in [5.74, 6) is -3.49. The van der Waals surface area contributed by atoms with Gasteiger partial charge in [-0.1, -0.05) is 18.2 Å². The maximum atomic E-state index is 14.3. The van der Waals surface area contributed by atoms with Gasteiger partial charge < -0.3 is 14.2 Å². The lowest BCUT2D eigenvalue weighted by Gasteiger charge is -2.38. The highest BCUT2D eigenvalue weighted by molar-refractivity contribution is 6.03. The van der Waals surface area contributed by atoms with Gasteiger partial charge in [0, 0.05) is 0 Å². The number of rotatable bonds is 5. The molecule has 0 aliphatic heterocycles. The van der Waals surface area contributed by atoms with Crippen molar-refractivity contribution in [2.75, 3.05) is 21.3 Å². The first-order valence-corrected chi connectivity index (χ1v) is 8.89. The van der Waals surface area contributed by atoms with Gasteiger partial charge in [-0.05, 0) is 35.4 Å². The quantitative estimate of drug-likeness (QED) is 0.359. The third-order valence-electron chi connectivity index (χ3n) is 4.85. The zero-order valence-corrected chi connectivity index (χ0v) is 17.3. The number of alkyl halides is 6. The van der Waals surface area contributed by atoms with Crippen molar-refractivity contribution in [3.63, 3.8) is 0 Å². The van der Waals surface area contributed by atoms with Crippen LogP contribution in [-0.4, -0.2) is 51.6 Å². The molecule has 0 aliphatic rings. The fourth-order valence-corrected chi connectivity index (χ4v) is 3.30. The van der Waals surface area contributed by atoms with Crippen LogP contribution in [0.5, 0.6) is 0 Å². The summed E-state index contributed by atoms with van der Waals surface area (Å²) < 4.78 is 99.0. The summed E-state index contributed by atoms with van der Waals surface area (Å²) in [5.41, 5.74) is -9.03. The van der Waals surface area contributed by atoms with Gasteiger partial charge >= 0.3 is 30.3 Å². The summed E-state index contributed by atoms with van der Waals surface area (Å²) in [6.45, 7) is 0. The van der Waals surface area contributed by atoms with Gasteiger partial charge in [0.2, 0.25) is 5.41 Å². The van der Waals surface area contributed by atoms with Crippen LogP contribution in [0.3, 0.4) is 0 Å². The summed E-state index contributed by atoms with van der Waals surface area (Å²) in [6.07, 6.45) is -11.9. The maximum Gasteiger partial charge on any atom is 0.411 e. The Morgan fingerprint density at radius 1 is 0.606 bits per heavy atom. The van der Waals surface area contributed by atoms with Crippen LogP contribution in [0, 0.1) is 0 Å². The van der Waals surface area contributed by atoms with Gasteiger partial charge in [0.05, 0.1) is 38.0 Å². The Hall–Kier alpha value is -3.57. The summed E-state index contributed by atoms with van der Waals surface area (Å²) in [7, 11) is 2.74. The third-order valence-corrected chi connectivity index (χ3v) is 4.85. The highest BCUT2D eigenvalue weighted by Gasteiger charge is 2.72. The number of hydrogen-bond donors (Lipinski definition) is 0. The van der Waals surface area contributed by atoms with Crippen LogP contribution in [0.1, 0.15) is 42.2 Å². The first-order chi connectivity index (χ1) is 15.3. The largest absolute Gasteiger partial charge is 0.465 e. The van der Waals surface area contributed by atoms with E-state index in [9.17, 15) is 40.7 Å². The summed E-state index contributed by atoms with van der Waals surface area (Å²) in [6, 6.07) is 3.79. The topological polar surface area (TPSA) is 78.9 Å². The van der Waals surface area contributed by atoms with E-state index in [0.717, 1.165) is 33.5 Å². The van der Waals surface area contributed by atoms with E-state index in [0.29, 0.717) is 24.3 Å². The smallest absolute Gasteiger partial charge is 0.411 e. The molecule has 0 saturated heterocycles. The number of hydrogen-bond acceptors (Lipinski definition) is 6. The maximum absolute atomic E-state index is 14.3. The molecule has 0 saturated carbocycles. The zero-order chi connectivity index (χ0) is 25.2. The molecule has 0 spiro atoms. The van der Waals surface area contributed by atoms with Gasteiger partial charge in [0.1, 0.15) is 0 Å². The van der Waals surface area contributed by atoms with Crippen molar-refractivity contribution in [2.45, 2.75) is 17.8 Å². The number of ether oxygens (including phenoxy) is 3. The number of carbonyl (C=O) groups is 3. The molecule has 0 heterocycles. The molecule has 0 N–H and O–H groups in total. The Bertz CT molecular complexity index is 1040. The lowest BCUT2D eigenvalue weighted by Crippen LogP contribution is -2.54. The lowest BCUT2D eigenvalue weighted by molar-refractivity contribution is -0.288. The molecule has 0 fully saturated rings. The number of esters is 3. The van der Waals surface area contributed by atoms with Crippen molar-refractivity contribution in [1.82, 2.24) is 0 Å². The molecule has 0 aliphatic carbocycles. The molecule has 2 rings (SSSR count). The number of benzene rings is 2. The van der Waals surface area contributed by atoms with Crippen molar-refractivity contribution in [3.05, 3.63) is 70.3 Å². The van der Waals surface area contributed by atoms with E-state index in [-0.39, 0.29) is 11.6 Å². The molecule has 0 bridgehead atoms. The first-order valence-electron chi connectivity index (χ1n) is 8.89. The molecule has 2 aromatic carbocycles. The molecule has 0 aromatic heterocycles. The van der Waals surface area contributed by atoms with Crippen molar-refractivity contribution in [2.24, 2.45) is 0 Å². The average molecular weight is 478 g/mol. The molecule has 0 atom stereocenters. The molecule has 0 radical (unpaired) electrons. The predicted octanol–water partition coefficient (Wildman–Crippen LogP) is 4.46. The van der Waals surface area contributed by atoms with Gasteiger partial charge in [-0.2, -0.15) is 26.3 Å². The summed E-state index contributed by atoms with van der Waals surface area (Å²) in [5, 5.41) is 0. The predicted molar refractivity (Wildman–Crippen MR) is 99.8 cm³/mol. The normalized spacial score (nSPS) is 12.2. The van der Waals surface area contributed by atoms with E-state index in [1.807, 2.05) is 0 Å². The fraction of sp³-hybridized carbons (Fsp3) is 0.286. The fourth-order valence-electron chi connectivity index (χ4n) is 3.30. The van der Waals surface area contributed by atoms with Gasteiger partial charge in [-0.3, -0.25) is 0 Å². The zero-order valence-electron chi connectivity index (χ0n) is 17.3. The van der Waals surface area contributed by atoms with E-state index >= 15 is 0 Å². The second-order valence-corrected chi connectivity index (χ2v) is 6.56. The highest BCUT2D eigenvalue weighted by atomic mass is 19.4. The third kappa shape index (κ3) is 4.37. The van der Waals surface area contributed by atoms with Crippen LogP contribution < -0.4 is 0 Å². The number of carbonyl (C=O) groups excluding carboxylic acids is 3. The molecular formula is C21H16F6O6. The molecule has 2 aromatic rings. The Labute approximate surface area is 183 Å². The van der Waals surface area contributed by atoms with E-state index in [4.69, 9.17) is 0 Å². The minimum atomic E-state index is -5.96. The molecule has 12 heteroatoms. The van der Waals surface area contributed by atoms with Crippen LogP contribution in [0.15, 0.2) is 42.5 Å². The molecule has 33 heavy (non-hydrogen) atoms. The Morgan fingerprint density at radius 3 is 1.45 bits per heavy atom. The van der Waals surface area contributed by atoms with Gasteiger partial charge in [-0.15, -0.1) is 0 Å². The van der Waals surface area contributed by atoms with Gasteiger partial charge in [-0.25, -0.2) is 14.4 Å². The first kappa shape index (κ1) is 25.7. The molecule has 178 valence electrons. The minimum absolute atomic E-state index is 0.282. The van der Waals surface area contributed by atoms with Gasteiger partial charge in [0.25, 0.3) is 0 Å². The average Bonchev–Trinajstić information content (AvgIpc) is 2.76. The van der Waals surface area contributed by atoms with E-state index in [1.54, 1.807) is 0 Å². The number of halogens is 6. The van der Waals surface area contributed by atoms with E-state index in [2.05, 4.69) is 14.2 Å². The Morgan fingerprint density at radius 2 is 1.03 bits per heavy atom. The molecule has 0 amide bonds. The van der Waals surface area contributed by atoms with Crippen molar-refractivity contribution < 1.29 is 54.9 Å². The summed E-state index contributed by atoms with van der Waals surface area (Å²) >= 11 is 0. The standard InChI is InChI=1S/C21H16F6O6/c1-31-16(28)11-4-6-12(7-5-11)19(20(22,23)24,21(25,26)27)13-8-9-14(17(29)32-2)15(10-13)18(30)33-3/h4-10H,1-3H3. The van der Waals surface area contributed by atoms with E-state index in [1.165, 1.54) is 0 Å². The Kier molecular flexibility index (Phi) is 7.10. The van der Waals surface area contributed by atoms with Crippen molar-refractivity contribution in [1.29, 1.82) is 0 Å². The summed E-state index contributed by atoms with van der Waals surface area (Å²) in [4.78, 5) is 35.5. The van der Waals surface area contributed by atoms with Crippen LogP contribution in [-0.2, 0) is 19.6 Å². The SMILES string of the molecule is COC(=O)c1ccc(C(c2ccc(C(=O)OC)c(C(=O)OC)c2)(C(F)(F)F)C(F)(F)F)cc1. The van der Waals surface area contributed by atoms with Crippen LogP contribution in [0.2, 0.25) is 0 Å².